The van der Waals surface area contributed by atoms with Crippen molar-refractivity contribution in [1.82, 2.24) is 5.43 Å². The third-order valence-corrected chi connectivity index (χ3v) is 3.41. The van der Waals surface area contributed by atoms with Gasteiger partial charge in [0, 0.05) is 17.5 Å². The number of carbonyl (C=O) groups excluding carboxylic acids is 2. The number of fused-ring (bicyclic) bond motifs is 1. The molecule has 1 aromatic rings. The van der Waals surface area contributed by atoms with Gasteiger partial charge in [-0.15, -0.1) is 0 Å². The van der Waals surface area contributed by atoms with Crippen molar-refractivity contribution in [2.24, 2.45) is 16.9 Å². The van der Waals surface area contributed by atoms with Gasteiger partial charge in [-0.3, -0.25) is 9.59 Å². The van der Waals surface area contributed by atoms with Crippen molar-refractivity contribution in [2.75, 3.05) is 5.32 Å². The van der Waals surface area contributed by atoms with E-state index in [-0.39, 0.29) is 23.2 Å². The Hall–Kier alpha value is -2.35. The Bertz CT molecular complexity index is 601. The monoisotopic (exact) mass is 297 g/mol. The minimum Gasteiger partial charge on any atom is -0.412 e. The Morgan fingerprint density at radius 2 is 1.95 bits per heavy atom. The summed E-state index contributed by atoms with van der Waals surface area (Å²) in [5.74, 6) is -1.24. The number of rotatable bonds is 3. The van der Waals surface area contributed by atoms with Crippen LogP contribution < -0.4 is 10.7 Å². The van der Waals surface area contributed by atoms with Gasteiger partial charge >= 0.3 is 6.43 Å². The molecule has 112 valence electrons. The van der Waals surface area contributed by atoms with E-state index < -0.39 is 12.3 Å². The van der Waals surface area contributed by atoms with Gasteiger partial charge in [0.05, 0.1) is 5.71 Å². The van der Waals surface area contributed by atoms with Crippen molar-refractivity contribution in [3.8, 4) is 0 Å². The highest BCUT2D eigenvalue weighted by Crippen LogP contribution is 2.43. The van der Waals surface area contributed by atoms with E-state index in [2.05, 4.69) is 15.8 Å². The molecule has 0 radical (unpaired) electrons. The first-order chi connectivity index (χ1) is 9.56. The lowest BCUT2D eigenvalue weighted by Gasteiger charge is -2.12. The average molecular weight is 297 g/mol. The van der Waals surface area contributed by atoms with Gasteiger partial charge in [-0.25, -0.2) is 5.43 Å². The predicted molar refractivity (Wildman–Crippen MR) is 71.0 cm³/mol. The molecule has 21 heavy (non-hydrogen) atoms. The van der Waals surface area contributed by atoms with Crippen LogP contribution in [-0.4, -0.2) is 29.4 Å². The summed E-state index contributed by atoms with van der Waals surface area (Å²) in [7, 11) is 0. The second-order valence-corrected chi connectivity index (χ2v) is 4.79. The van der Waals surface area contributed by atoms with Crippen LogP contribution in [0.1, 0.15) is 12.0 Å². The highest BCUT2D eigenvalue weighted by Gasteiger charge is 2.49. The van der Waals surface area contributed by atoms with Gasteiger partial charge in [0.2, 0.25) is 5.91 Å². The summed E-state index contributed by atoms with van der Waals surface area (Å²) < 4.78 is 24.2. The molecule has 1 saturated carbocycles. The first-order valence-corrected chi connectivity index (χ1v) is 6.13. The molecule has 4 N–H and O–H groups in total. The maximum atomic E-state index is 12.1. The number of hydrazone groups is 1. The molecule has 1 aliphatic carbocycles. The summed E-state index contributed by atoms with van der Waals surface area (Å²) in [6.07, 6.45) is -2.26. The summed E-state index contributed by atoms with van der Waals surface area (Å²) in [4.78, 5) is 22.2. The van der Waals surface area contributed by atoms with Crippen LogP contribution in [0.3, 0.4) is 0 Å². The van der Waals surface area contributed by atoms with Crippen LogP contribution in [-0.2, 0) is 9.59 Å². The van der Waals surface area contributed by atoms with Crippen LogP contribution in [0.5, 0.6) is 0 Å². The molecule has 0 aromatic heterocycles. The molecule has 2 amide bonds. The maximum Gasteiger partial charge on any atom is 0.315 e. The van der Waals surface area contributed by atoms with Crippen molar-refractivity contribution in [2.45, 2.75) is 12.8 Å². The standard InChI is InChI=1S/C13H11F2N3O2.H2O/c14-11(15)13(20)16-7-3-1-6(2-4-7)10-8-5-9(8)12(19)18-17-10;/h1-4,8-9,11H,5H2,(H,16,20)(H,18,19);1H2. The van der Waals surface area contributed by atoms with E-state index in [0.29, 0.717) is 5.69 Å². The third kappa shape index (κ3) is 2.89. The topological polar surface area (TPSA) is 102 Å². The lowest BCUT2D eigenvalue weighted by Crippen LogP contribution is -2.28. The molecule has 6 nitrogen and oxygen atoms in total. The second kappa shape index (κ2) is 5.57. The van der Waals surface area contributed by atoms with Crippen LogP contribution in [0, 0.1) is 11.8 Å². The van der Waals surface area contributed by atoms with Gasteiger partial charge in [0.1, 0.15) is 0 Å². The quantitative estimate of drug-likeness (QED) is 0.850. The molecular formula is C13H13F2N3O3. The van der Waals surface area contributed by atoms with Gasteiger partial charge in [0.15, 0.2) is 0 Å². The molecular weight excluding hydrogens is 284 g/mol. The maximum absolute atomic E-state index is 12.1. The van der Waals surface area contributed by atoms with Crippen LogP contribution in [0.15, 0.2) is 29.4 Å². The van der Waals surface area contributed by atoms with Crippen LogP contribution >= 0.6 is 0 Å². The molecule has 2 atom stereocenters. The zero-order valence-electron chi connectivity index (χ0n) is 10.8. The first kappa shape index (κ1) is 15.0. The third-order valence-electron chi connectivity index (χ3n) is 3.41. The number of amides is 2. The number of nitrogens with one attached hydrogen (secondary N) is 2. The number of anilines is 1. The van der Waals surface area contributed by atoms with Crippen LogP contribution in [0.25, 0.3) is 0 Å². The Balaban J connectivity index is 0.00000161. The Kier molecular flexibility index (Phi) is 3.99. The molecule has 1 aromatic carbocycles. The minimum atomic E-state index is -3.04. The molecule has 2 unspecified atom stereocenters. The molecule has 8 heteroatoms. The zero-order valence-corrected chi connectivity index (χ0v) is 10.8. The fourth-order valence-corrected chi connectivity index (χ4v) is 2.27. The second-order valence-electron chi connectivity index (χ2n) is 4.79. The van der Waals surface area contributed by atoms with Crippen molar-refractivity contribution in [3.63, 3.8) is 0 Å². The van der Waals surface area contributed by atoms with Crippen LogP contribution in [0.2, 0.25) is 0 Å². The number of benzene rings is 1. The van der Waals surface area contributed by atoms with E-state index in [1.807, 2.05) is 0 Å². The highest BCUT2D eigenvalue weighted by atomic mass is 19.3. The van der Waals surface area contributed by atoms with Crippen LogP contribution in [0.4, 0.5) is 14.5 Å². The molecule has 0 spiro atoms. The fraction of sp³-hybridized carbons (Fsp3) is 0.308. The van der Waals surface area contributed by atoms with Gasteiger partial charge in [0.25, 0.3) is 5.91 Å². The van der Waals surface area contributed by atoms with E-state index in [0.717, 1.165) is 17.7 Å². The number of hydrogen-bond donors (Lipinski definition) is 2. The average Bonchev–Trinajstić information content (AvgIpc) is 3.21. The summed E-state index contributed by atoms with van der Waals surface area (Å²) in [5.41, 5.74) is 4.37. The molecule has 0 bridgehead atoms. The molecule has 2 aliphatic rings. The summed E-state index contributed by atoms with van der Waals surface area (Å²) in [6, 6.07) is 6.44. The van der Waals surface area contributed by atoms with Gasteiger partial charge in [-0.05, 0) is 24.1 Å². The summed E-state index contributed by atoms with van der Waals surface area (Å²) in [6.45, 7) is 0. The molecule has 1 heterocycles. The predicted octanol–water partition coefficient (Wildman–Crippen LogP) is 0.535. The number of carbonyl (C=O) groups is 2. The number of alkyl halides is 2. The van der Waals surface area contributed by atoms with E-state index in [1.165, 1.54) is 12.1 Å². The SMILES string of the molecule is O.O=C(Nc1ccc(C2=NNC(=O)C3CC23)cc1)C(F)F. The van der Waals surface area contributed by atoms with E-state index in [9.17, 15) is 18.4 Å². The number of hydrogen-bond acceptors (Lipinski definition) is 3. The van der Waals surface area contributed by atoms with Gasteiger partial charge < -0.3 is 10.8 Å². The summed E-state index contributed by atoms with van der Waals surface area (Å²) in [5, 5.41) is 6.13. The van der Waals surface area contributed by atoms with Crippen molar-refractivity contribution in [1.29, 1.82) is 0 Å². The molecule has 1 fully saturated rings. The molecule has 0 saturated heterocycles. The zero-order chi connectivity index (χ0) is 14.3. The highest BCUT2D eigenvalue weighted by molar-refractivity contribution is 6.09. The van der Waals surface area contributed by atoms with Crippen molar-refractivity contribution >= 4 is 23.2 Å². The minimum absolute atomic E-state index is 0. The first-order valence-electron chi connectivity index (χ1n) is 6.13. The Labute approximate surface area is 118 Å². The van der Waals surface area contributed by atoms with Crippen molar-refractivity contribution in [3.05, 3.63) is 29.8 Å². The van der Waals surface area contributed by atoms with E-state index in [4.69, 9.17) is 0 Å². The Morgan fingerprint density at radius 1 is 1.29 bits per heavy atom. The molecule has 1 aliphatic heterocycles. The fourth-order valence-electron chi connectivity index (χ4n) is 2.27. The van der Waals surface area contributed by atoms with Gasteiger partial charge in [-0.1, -0.05) is 12.1 Å². The summed E-state index contributed by atoms with van der Waals surface area (Å²) >= 11 is 0. The van der Waals surface area contributed by atoms with E-state index >= 15 is 0 Å². The normalized spacial score (nSPS) is 22.6. The van der Waals surface area contributed by atoms with E-state index in [1.54, 1.807) is 12.1 Å². The number of halogens is 2. The molecule has 3 rings (SSSR count). The lowest BCUT2D eigenvalue weighted by atomic mass is 10.0. The lowest BCUT2D eigenvalue weighted by molar-refractivity contribution is -0.126. The van der Waals surface area contributed by atoms with Crippen molar-refractivity contribution < 1.29 is 23.8 Å². The smallest absolute Gasteiger partial charge is 0.315 e. The largest absolute Gasteiger partial charge is 0.412 e. The van der Waals surface area contributed by atoms with Gasteiger partial charge in [-0.2, -0.15) is 13.9 Å². The number of nitrogens with zero attached hydrogens (tertiary/aromatic N) is 1. The Morgan fingerprint density at radius 3 is 2.57 bits per heavy atom.